The average Bonchev–Trinajstić information content (AvgIpc) is 2.43. The molecule has 0 spiro atoms. The van der Waals surface area contributed by atoms with Crippen LogP contribution in [0, 0.1) is 10.8 Å². The first-order chi connectivity index (χ1) is 7.05. The molecule has 0 aromatic rings. The van der Waals surface area contributed by atoms with Crippen LogP contribution in [0.3, 0.4) is 0 Å². The molecule has 0 aromatic carbocycles. The second kappa shape index (κ2) is 4.46. The number of hydrogen-bond acceptors (Lipinski definition) is 0. The first kappa shape index (κ1) is 14.3. The molecule has 1 aliphatic rings. The molecule has 0 saturated heterocycles. The van der Waals surface area contributed by atoms with Gasteiger partial charge in [-0.3, -0.25) is 0 Å². The Morgan fingerprint density at radius 2 is 1.44 bits per heavy atom. The van der Waals surface area contributed by atoms with E-state index in [1.54, 1.807) is 15.0 Å². The fraction of sp³-hybridized carbons (Fsp3) is 0.733. The molecule has 1 rings (SSSR count). The predicted molar refractivity (Wildman–Crippen MR) is 70.4 cm³/mol. The van der Waals surface area contributed by atoms with Crippen LogP contribution in [0.15, 0.2) is 21.1 Å². The Hall–Kier alpha value is 0.194. The van der Waals surface area contributed by atoms with E-state index < -0.39 is 17.9 Å². The molecule has 1 aliphatic carbocycles. The van der Waals surface area contributed by atoms with Crippen LogP contribution >= 0.6 is 0 Å². The van der Waals surface area contributed by atoms with E-state index in [4.69, 9.17) is 0 Å². The van der Waals surface area contributed by atoms with E-state index in [0.717, 1.165) is 0 Å². The fourth-order valence-electron chi connectivity index (χ4n) is 2.50. The van der Waals surface area contributed by atoms with Gasteiger partial charge in [0.15, 0.2) is 0 Å². The molecule has 0 heterocycles. The molecule has 0 unspecified atom stereocenters. The summed E-state index contributed by atoms with van der Waals surface area (Å²) in [6.45, 7) is 14.2. The van der Waals surface area contributed by atoms with Gasteiger partial charge in [-0.2, -0.15) is 0 Å². The topological polar surface area (TPSA) is 0 Å². The molecule has 0 nitrogen and oxygen atoms in total. The van der Waals surface area contributed by atoms with Crippen LogP contribution in [-0.4, -0.2) is 0 Å². The average molecular weight is 255 g/mol. The Labute approximate surface area is 108 Å². The molecule has 0 aliphatic heterocycles. The van der Waals surface area contributed by atoms with Crippen molar-refractivity contribution in [3.8, 4) is 0 Å². The molecule has 91 valence electrons. The van der Waals surface area contributed by atoms with Crippen molar-refractivity contribution in [2.75, 3.05) is 0 Å². The second-order valence-corrected chi connectivity index (χ2v) is 11.1. The number of rotatable bonds is 1. The van der Waals surface area contributed by atoms with Gasteiger partial charge in [0.1, 0.15) is 0 Å². The van der Waals surface area contributed by atoms with E-state index in [-0.39, 0.29) is 0 Å². The molecule has 0 amide bonds. The van der Waals surface area contributed by atoms with Crippen LogP contribution in [0.25, 0.3) is 0 Å². The van der Waals surface area contributed by atoms with E-state index in [1.807, 2.05) is 0 Å². The van der Waals surface area contributed by atoms with Crippen molar-refractivity contribution in [3.05, 3.63) is 21.1 Å². The minimum absolute atomic E-state index is 0.326. The van der Waals surface area contributed by atoms with Crippen LogP contribution in [-0.2, 0) is 17.9 Å². The summed E-state index contributed by atoms with van der Waals surface area (Å²) in [7, 11) is 0. The first-order valence-corrected chi connectivity index (χ1v) is 10.2. The quantitative estimate of drug-likeness (QED) is 0.552. The maximum atomic E-state index is 2.50. The monoisotopic (exact) mass is 255 g/mol. The summed E-state index contributed by atoms with van der Waals surface area (Å²) >= 11 is -1.00. The zero-order valence-electron chi connectivity index (χ0n) is 12.3. The van der Waals surface area contributed by atoms with Crippen LogP contribution in [0.2, 0.25) is 10.5 Å². The summed E-state index contributed by atoms with van der Waals surface area (Å²) in [6, 6.07) is 0. The third kappa shape index (κ3) is 2.90. The SMILES string of the molecule is [CH3][Ti]([CH3])[C]1=C(C(C)(C)C)CC=C1C(C)(C)C. The molecular formula is C15H27Ti. The van der Waals surface area contributed by atoms with Crippen LogP contribution in [0.1, 0.15) is 48.0 Å². The Morgan fingerprint density at radius 3 is 1.75 bits per heavy atom. The van der Waals surface area contributed by atoms with Crippen LogP contribution in [0.5, 0.6) is 0 Å². The Morgan fingerprint density at radius 1 is 0.938 bits per heavy atom. The molecule has 0 bridgehead atoms. The molecule has 1 heteroatoms. The van der Waals surface area contributed by atoms with Gasteiger partial charge < -0.3 is 0 Å². The summed E-state index contributed by atoms with van der Waals surface area (Å²) in [5, 5.41) is 4.98. The molecule has 0 atom stereocenters. The van der Waals surface area contributed by atoms with E-state index in [1.165, 1.54) is 6.42 Å². The summed E-state index contributed by atoms with van der Waals surface area (Å²) in [4.78, 5) is 0. The molecule has 0 saturated carbocycles. The van der Waals surface area contributed by atoms with Crippen LogP contribution < -0.4 is 0 Å². The van der Waals surface area contributed by atoms with Gasteiger partial charge in [-0.25, -0.2) is 0 Å². The summed E-state index contributed by atoms with van der Waals surface area (Å²) < 4.78 is 1.79. The van der Waals surface area contributed by atoms with Gasteiger partial charge in [0.25, 0.3) is 0 Å². The molecule has 0 fully saturated rings. The van der Waals surface area contributed by atoms with Crippen molar-refractivity contribution in [3.63, 3.8) is 0 Å². The summed E-state index contributed by atoms with van der Waals surface area (Å²) in [5.41, 5.74) is 4.05. The zero-order valence-corrected chi connectivity index (χ0v) is 13.8. The standard InChI is InChI=1S/C13H21.2CH3.Ti/c1-12(2,3)10-7-8-11(9-10)13(4,5)6;;;/h7H,8H2,1-6H3;2*1H3;. The van der Waals surface area contributed by atoms with Gasteiger partial charge >= 0.3 is 108 Å². The van der Waals surface area contributed by atoms with Gasteiger partial charge in [-0.15, -0.1) is 0 Å². The number of hydrogen-bond donors (Lipinski definition) is 0. The van der Waals surface area contributed by atoms with E-state index >= 15 is 0 Å². The van der Waals surface area contributed by atoms with Gasteiger partial charge in [0.05, 0.1) is 0 Å². The summed E-state index contributed by atoms with van der Waals surface area (Å²) in [5.74, 6) is 0. The Kier molecular flexibility index (Phi) is 3.98. The molecular weight excluding hydrogens is 228 g/mol. The van der Waals surface area contributed by atoms with Crippen LogP contribution in [0.4, 0.5) is 0 Å². The first-order valence-electron chi connectivity index (χ1n) is 6.30. The predicted octanol–water partition coefficient (Wildman–Crippen LogP) is 5.38. The van der Waals surface area contributed by atoms with Crippen molar-refractivity contribution >= 4 is 0 Å². The molecule has 0 aromatic heterocycles. The maximum absolute atomic E-state index is 2.50. The van der Waals surface area contributed by atoms with Gasteiger partial charge in [0, 0.05) is 0 Å². The van der Waals surface area contributed by atoms with Crippen molar-refractivity contribution in [2.45, 2.75) is 58.4 Å². The molecule has 16 heavy (non-hydrogen) atoms. The van der Waals surface area contributed by atoms with E-state index in [9.17, 15) is 0 Å². The van der Waals surface area contributed by atoms with Crippen molar-refractivity contribution in [2.24, 2.45) is 10.8 Å². The molecule has 0 N–H and O–H groups in total. The van der Waals surface area contributed by atoms with E-state index in [2.05, 4.69) is 58.1 Å². The van der Waals surface area contributed by atoms with E-state index in [0.29, 0.717) is 10.8 Å². The third-order valence-corrected chi connectivity index (χ3v) is 5.75. The normalized spacial score (nSPS) is 17.9. The van der Waals surface area contributed by atoms with Crippen molar-refractivity contribution < 1.29 is 17.9 Å². The molecule has 0 radical (unpaired) electrons. The zero-order chi connectivity index (χ0) is 12.7. The second-order valence-electron chi connectivity index (χ2n) is 7.18. The third-order valence-electron chi connectivity index (χ3n) is 3.29. The van der Waals surface area contributed by atoms with Crippen molar-refractivity contribution in [1.82, 2.24) is 0 Å². The van der Waals surface area contributed by atoms with Gasteiger partial charge in [0.2, 0.25) is 0 Å². The van der Waals surface area contributed by atoms with Gasteiger partial charge in [-0.1, -0.05) is 0 Å². The Balaban J connectivity index is 3.25. The fourth-order valence-corrected chi connectivity index (χ4v) is 5.78. The Bertz CT molecular complexity index is 329. The summed E-state index contributed by atoms with van der Waals surface area (Å²) in [6.07, 6.45) is 3.69. The van der Waals surface area contributed by atoms with Gasteiger partial charge in [-0.05, 0) is 0 Å². The number of allylic oxidation sites excluding steroid dienone is 4. The minimum atomic E-state index is -1.00. The van der Waals surface area contributed by atoms with Crippen molar-refractivity contribution in [1.29, 1.82) is 0 Å².